The molecule has 2 atom stereocenters. The van der Waals surface area contributed by atoms with Crippen LogP contribution in [0.25, 0.3) is 0 Å². The van der Waals surface area contributed by atoms with Crippen LogP contribution in [0.4, 0.5) is 0 Å². The fraction of sp³-hybridized carbons (Fsp3) is 0.483. The van der Waals surface area contributed by atoms with Crippen LogP contribution in [-0.4, -0.2) is 53.1 Å². The van der Waals surface area contributed by atoms with Crippen LogP contribution in [-0.2, 0) is 14.3 Å². The van der Waals surface area contributed by atoms with Gasteiger partial charge in [-0.1, -0.05) is 42.3 Å². The minimum absolute atomic E-state index is 0.0490. The number of rotatable bonds is 8. The highest BCUT2D eigenvalue weighted by Gasteiger charge is 2.85. The average molecular weight is 507 g/mol. The van der Waals surface area contributed by atoms with E-state index in [1.54, 1.807) is 24.3 Å². The number of nitrogens with two attached hydrogens (primary N) is 1. The van der Waals surface area contributed by atoms with Gasteiger partial charge >= 0.3 is 5.97 Å². The Kier molecular flexibility index (Phi) is 6.81. The molecule has 5 rings (SSSR count). The number of nitrogens with one attached hydrogen (secondary N) is 1. The molecule has 2 unspecified atom stereocenters. The van der Waals surface area contributed by atoms with Crippen LogP contribution < -0.4 is 11.1 Å². The molecule has 2 fully saturated rings. The van der Waals surface area contributed by atoms with Gasteiger partial charge in [-0.2, -0.15) is 0 Å². The Morgan fingerprint density at radius 2 is 1.86 bits per heavy atom. The Morgan fingerprint density at radius 3 is 2.54 bits per heavy atom. The maximum atomic E-state index is 13.8. The first kappa shape index (κ1) is 25.4. The van der Waals surface area contributed by atoms with Crippen molar-refractivity contribution in [3.8, 4) is 0 Å². The van der Waals surface area contributed by atoms with E-state index >= 15 is 0 Å². The highest BCUT2D eigenvalue weighted by molar-refractivity contribution is 6.32. The Balaban J connectivity index is 1.45. The Hall–Kier alpha value is -3.23. The van der Waals surface area contributed by atoms with Gasteiger partial charge in [-0.3, -0.25) is 9.59 Å². The van der Waals surface area contributed by atoms with Crippen LogP contribution in [0.2, 0.25) is 0 Å². The predicted octanol–water partition coefficient (Wildman–Crippen LogP) is 3.26. The fourth-order valence-corrected chi connectivity index (χ4v) is 5.85. The lowest BCUT2D eigenvalue weighted by atomic mass is 9.71. The van der Waals surface area contributed by atoms with Gasteiger partial charge in [0.1, 0.15) is 6.10 Å². The lowest BCUT2D eigenvalue weighted by molar-refractivity contribution is -0.155. The molecule has 0 bridgehead atoms. The number of ketones is 2. The maximum Gasteiger partial charge on any atom is 0.350 e. The lowest BCUT2D eigenvalue weighted by Gasteiger charge is -2.27. The molecule has 0 amide bonds. The van der Waals surface area contributed by atoms with E-state index in [0.29, 0.717) is 30.8 Å². The highest BCUT2D eigenvalue weighted by Crippen LogP contribution is 2.59. The molecule has 4 N–H and O–H groups in total. The normalized spacial score (nSPS) is 27.7. The number of aliphatic hydroxyl groups excluding tert-OH is 1. The number of esters is 1. The molecule has 2 heterocycles. The second-order valence-electron chi connectivity index (χ2n) is 10.5. The molecule has 1 aromatic rings. The van der Waals surface area contributed by atoms with E-state index in [9.17, 15) is 19.5 Å². The van der Waals surface area contributed by atoms with E-state index in [1.165, 1.54) is 0 Å². The Morgan fingerprint density at radius 1 is 1.16 bits per heavy atom. The van der Waals surface area contributed by atoms with Gasteiger partial charge in [0.2, 0.25) is 5.78 Å². The van der Waals surface area contributed by atoms with Gasteiger partial charge in [0, 0.05) is 24.1 Å². The molecule has 1 saturated carbocycles. The van der Waals surface area contributed by atoms with Gasteiger partial charge in [0.25, 0.3) is 5.60 Å². The van der Waals surface area contributed by atoms with Crippen molar-refractivity contribution in [2.75, 3.05) is 13.2 Å². The molecule has 0 spiro atoms. The molecule has 4 aliphatic rings. The summed E-state index contributed by atoms with van der Waals surface area (Å²) in [4.78, 5) is 41.1. The molecule has 2 aliphatic heterocycles. The first-order chi connectivity index (χ1) is 17.8. The van der Waals surface area contributed by atoms with E-state index in [0.717, 1.165) is 43.3 Å². The number of Topliss-reactive ketones (excluding diaryl/α,β-unsaturated/α-hetero) is 2. The number of aliphatic hydroxyl groups is 1. The first-order valence-corrected chi connectivity index (χ1v) is 13.1. The number of ether oxygens (including phenoxy) is 2. The molecule has 8 heteroatoms. The van der Waals surface area contributed by atoms with Gasteiger partial charge in [-0.05, 0) is 62.7 Å². The van der Waals surface area contributed by atoms with E-state index in [2.05, 4.69) is 11.4 Å². The second kappa shape index (κ2) is 9.91. The van der Waals surface area contributed by atoms with Crippen molar-refractivity contribution in [3.05, 3.63) is 70.1 Å². The SMILES string of the molecule is CC(CCC1=CCNC(N)=C1)=C(CO)CC12OC1(C(=O)OC1CCCCC1)C(=O)c1ccccc1C2=O. The topological polar surface area (TPSA) is 131 Å². The van der Waals surface area contributed by atoms with Crippen LogP contribution >= 0.6 is 0 Å². The Bertz CT molecular complexity index is 1220. The molecule has 8 nitrogen and oxygen atoms in total. The van der Waals surface area contributed by atoms with Crippen molar-refractivity contribution in [1.29, 1.82) is 0 Å². The minimum atomic E-state index is -2.01. The minimum Gasteiger partial charge on any atom is -0.460 e. The molecular weight excluding hydrogens is 472 g/mol. The summed E-state index contributed by atoms with van der Waals surface area (Å²) in [6.45, 7) is 2.24. The first-order valence-electron chi connectivity index (χ1n) is 13.1. The second-order valence-corrected chi connectivity index (χ2v) is 10.5. The smallest absolute Gasteiger partial charge is 0.350 e. The largest absolute Gasteiger partial charge is 0.460 e. The number of hydrogen-bond acceptors (Lipinski definition) is 8. The molecule has 196 valence electrons. The fourth-order valence-electron chi connectivity index (χ4n) is 5.85. The summed E-state index contributed by atoms with van der Waals surface area (Å²) in [7, 11) is 0. The molecule has 37 heavy (non-hydrogen) atoms. The van der Waals surface area contributed by atoms with Crippen molar-refractivity contribution in [2.45, 2.75) is 75.6 Å². The zero-order valence-corrected chi connectivity index (χ0v) is 21.2. The third kappa shape index (κ3) is 4.32. The lowest BCUT2D eigenvalue weighted by Crippen LogP contribution is -2.51. The number of epoxide rings is 1. The van der Waals surface area contributed by atoms with E-state index in [-0.39, 0.29) is 30.3 Å². The van der Waals surface area contributed by atoms with Crippen LogP contribution in [0.3, 0.4) is 0 Å². The quantitative estimate of drug-likeness (QED) is 0.212. The van der Waals surface area contributed by atoms with Crippen molar-refractivity contribution >= 4 is 17.5 Å². The van der Waals surface area contributed by atoms with E-state index in [1.807, 2.05) is 13.0 Å². The molecule has 0 aromatic heterocycles. The molecule has 2 aliphatic carbocycles. The zero-order chi connectivity index (χ0) is 26.2. The van der Waals surface area contributed by atoms with Crippen molar-refractivity contribution < 1.29 is 29.0 Å². The summed E-state index contributed by atoms with van der Waals surface area (Å²) in [6, 6.07) is 6.49. The summed E-state index contributed by atoms with van der Waals surface area (Å²) in [6.07, 6.45) is 9.39. The van der Waals surface area contributed by atoms with Gasteiger partial charge in [0.05, 0.1) is 12.4 Å². The van der Waals surface area contributed by atoms with Gasteiger partial charge in [0.15, 0.2) is 11.4 Å². The number of carbonyl (C=O) groups excluding carboxylic acids is 3. The Labute approximate surface area is 216 Å². The third-order valence-electron chi connectivity index (χ3n) is 8.13. The number of carbonyl (C=O) groups is 3. The summed E-state index contributed by atoms with van der Waals surface area (Å²) >= 11 is 0. The summed E-state index contributed by atoms with van der Waals surface area (Å²) in [5.41, 5.74) is 5.11. The third-order valence-corrected chi connectivity index (χ3v) is 8.13. The molecule has 0 radical (unpaired) electrons. The monoisotopic (exact) mass is 506 g/mol. The number of fused-ring (bicyclic) bond motifs is 2. The summed E-state index contributed by atoms with van der Waals surface area (Å²) < 4.78 is 11.8. The van der Waals surface area contributed by atoms with Crippen molar-refractivity contribution in [3.63, 3.8) is 0 Å². The van der Waals surface area contributed by atoms with Crippen LogP contribution in [0, 0.1) is 0 Å². The van der Waals surface area contributed by atoms with Crippen molar-refractivity contribution in [2.24, 2.45) is 5.73 Å². The van der Waals surface area contributed by atoms with Gasteiger partial charge in [-0.25, -0.2) is 4.79 Å². The standard InChI is InChI=1S/C29H34N2O6/c1-18(11-12-19-13-14-31-24(30)15-19)20(17-32)16-28-25(33)22-9-5-6-10-23(22)26(34)29(28,37-28)27(35)36-21-7-3-2-4-8-21/h5-6,9-10,13,15,21,31-32H,2-4,7-8,11-12,14,16-17,30H2,1H3. The molecule has 1 saturated heterocycles. The summed E-state index contributed by atoms with van der Waals surface area (Å²) in [5.74, 6) is -1.14. The van der Waals surface area contributed by atoms with Crippen LogP contribution in [0.5, 0.6) is 0 Å². The number of dihydropyridines is 1. The average Bonchev–Trinajstić information content (AvgIpc) is 3.61. The van der Waals surface area contributed by atoms with Crippen molar-refractivity contribution in [1.82, 2.24) is 5.32 Å². The van der Waals surface area contributed by atoms with Gasteiger partial charge < -0.3 is 25.6 Å². The zero-order valence-electron chi connectivity index (χ0n) is 21.2. The van der Waals surface area contributed by atoms with Crippen LogP contribution in [0.15, 0.2) is 59.0 Å². The number of allylic oxidation sites excluding steroid dienone is 3. The van der Waals surface area contributed by atoms with Crippen LogP contribution in [0.1, 0.15) is 79.0 Å². The van der Waals surface area contributed by atoms with E-state index < -0.39 is 28.7 Å². The number of hydrogen-bond donors (Lipinski definition) is 3. The van der Waals surface area contributed by atoms with E-state index in [4.69, 9.17) is 15.2 Å². The summed E-state index contributed by atoms with van der Waals surface area (Å²) in [5, 5.41) is 13.3. The number of benzene rings is 1. The maximum absolute atomic E-state index is 13.8. The highest BCUT2D eigenvalue weighted by atomic mass is 16.7. The van der Waals surface area contributed by atoms with Gasteiger partial charge in [-0.15, -0.1) is 0 Å². The molecule has 1 aromatic carbocycles. The molecular formula is C29H34N2O6. The predicted molar refractivity (Wildman–Crippen MR) is 137 cm³/mol.